The van der Waals surface area contributed by atoms with Crippen molar-refractivity contribution in [3.63, 3.8) is 0 Å². The van der Waals surface area contributed by atoms with Gasteiger partial charge in [0.05, 0.1) is 6.20 Å². The summed E-state index contributed by atoms with van der Waals surface area (Å²) in [5.41, 5.74) is 7.43. The van der Waals surface area contributed by atoms with Gasteiger partial charge in [0.25, 0.3) is 0 Å². The van der Waals surface area contributed by atoms with Gasteiger partial charge in [0.15, 0.2) is 5.75 Å². The number of hydrogen-bond donors (Lipinski definition) is 1. The van der Waals surface area contributed by atoms with Crippen molar-refractivity contribution in [2.45, 2.75) is 33.2 Å². The molecule has 0 bridgehead atoms. The van der Waals surface area contributed by atoms with Crippen molar-refractivity contribution in [3.8, 4) is 11.5 Å². The zero-order chi connectivity index (χ0) is 14.7. The normalized spacial score (nSPS) is 10.9. The molecule has 0 radical (unpaired) electrons. The zero-order valence-electron chi connectivity index (χ0n) is 11.9. The Bertz CT molecular complexity index is 614. The Labute approximate surface area is 124 Å². The second-order valence-corrected chi connectivity index (χ2v) is 5.35. The van der Waals surface area contributed by atoms with Crippen LogP contribution in [0, 0.1) is 6.92 Å². The summed E-state index contributed by atoms with van der Waals surface area (Å²) in [4.78, 5) is 8.76. The molecular formula is C15H18ClN3O. The molecule has 2 rings (SSSR count). The molecule has 0 aliphatic heterocycles. The highest BCUT2D eigenvalue weighted by Crippen LogP contribution is 2.29. The third-order valence-corrected chi connectivity index (χ3v) is 3.16. The molecule has 20 heavy (non-hydrogen) atoms. The van der Waals surface area contributed by atoms with E-state index < -0.39 is 0 Å². The maximum absolute atomic E-state index is 5.99. The van der Waals surface area contributed by atoms with Gasteiger partial charge < -0.3 is 10.5 Å². The molecule has 0 saturated carbocycles. The van der Waals surface area contributed by atoms with Crippen LogP contribution in [0.15, 0.2) is 24.4 Å². The van der Waals surface area contributed by atoms with Crippen molar-refractivity contribution < 1.29 is 4.74 Å². The first-order valence-electron chi connectivity index (χ1n) is 6.51. The van der Waals surface area contributed by atoms with Crippen LogP contribution in [-0.2, 0) is 6.54 Å². The Kier molecular flexibility index (Phi) is 4.57. The van der Waals surface area contributed by atoms with E-state index in [1.54, 1.807) is 12.3 Å². The van der Waals surface area contributed by atoms with Crippen molar-refractivity contribution in [2.24, 2.45) is 5.73 Å². The molecule has 4 nitrogen and oxygen atoms in total. The minimum atomic E-state index is 0.252. The average molecular weight is 292 g/mol. The van der Waals surface area contributed by atoms with Gasteiger partial charge in [-0.15, -0.1) is 0 Å². The van der Waals surface area contributed by atoms with Gasteiger partial charge in [0.2, 0.25) is 0 Å². The minimum absolute atomic E-state index is 0.252. The van der Waals surface area contributed by atoms with E-state index >= 15 is 0 Å². The van der Waals surface area contributed by atoms with E-state index in [0.29, 0.717) is 28.8 Å². The quantitative estimate of drug-likeness (QED) is 0.930. The van der Waals surface area contributed by atoms with Crippen LogP contribution in [0.2, 0.25) is 5.02 Å². The van der Waals surface area contributed by atoms with E-state index in [0.717, 1.165) is 11.4 Å². The Hall–Kier alpha value is -1.65. The summed E-state index contributed by atoms with van der Waals surface area (Å²) in [7, 11) is 0. The molecule has 5 heteroatoms. The van der Waals surface area contributed by atoms with E-state index in [1.165, 1.54) is 0 Å². The molecule has 0 saturated heterocycles. The molecule has 0 spiro atoms. The van der Waals surface area contributed by atoms with Crippen molar-refractivity contribution >= 4 is 11.6 Å². The number of aromatic nitrogens is 2. The molecule has 1 aromatic heterocycles. The van der Waals surface area contributed by atoms with Gasteiger partial charge in [0, 0.05) is 17.5 Å². The number of rotatable bonds is 4. The molecule has 0 unspecified atom stereocenters. The van der Waals surface area contributed by atoms with Crippen LogP contribution in [0.3, 0.4) is 0 Å². The van der Waals surface area contributed by atoms with Gasteiger partial charge in [-0.3, -0.25) is 0 Å². The third-order valence-electron chi connectivity index (χ3n) is 2.93. The molecule has 0 aliphatic rings. The monoisotopic (exact) mass is 291 g/mol. The Morgan fingerprint density at radius 3 is 2.70 bits per heavy atom. The zero-order valence-corrected chi connectivity index (χ0v) is 12.6. The predicted octanol–water partition coefficient (Wildman–Crippen LogP) is 3.81. The summed E-state index contributed by atoms with van der Waals surface area (Å²) >= 11 is 5.99. The summed E-state index contributed by atoms with van der Waals surface area (Å²) in [6.45, 7) is 6.34. The highest BCUT2D eigenvalue weighted by Gasteiger charge is 2.11. The van der Waals surface area contributed by atoms with E-state index in [-0.39, 0.29) is 5.92 Å². The number of hydrogen-bond acceptors (Lipinski definition) is 4. The van der Waals surface area contributed by atoms with Crippen LogP contribution < -0.4 is 10.5 Å². The lowest BCUT2D eigenvalue weighted by Gasteiger charge is -2.13. The predicted molar refractivity (Wildman–Crippen MR) is 80.3 cm³/mol. The fraction of sp³-hybridized carbons (Fsp3) is 0.333. The van der Waals surface area contributed by atoms with Gasteiger partial charge >= 0.3 is 0 Å². The highest BCUT2D eigenvalue weighted by molar-refractivity contribution is 6.30. The topological polar surface area (TPSA) is 61.0 Å². The van der Waals surface area contributed by atoms with Crippen molar-refractivity contribution in [2.75, 3.05) is 0 Å². The number of ether oxygens (including phenoxy) is 1. The van der Waals surface area contributed by atoms with Gasteiger partial charge in [-0.25, -0.2) is 9.97 Å². The first-order valence-corrected chi connectivity index (χ1v) is 6.89. The van der Waals surface area contributed by atoms with Gasteiger partial charge in [0.1, 0.15) is 17.3 Å². The molecule has 0 amide bonds. The van der Waals surface area contributed by atoms with Crippen LogP contribution in [0.25, 0.3) is 0 Å². The maximum atomic E-state index is 5.99. The second-order valence-electron chi connectivity index (χ2n) is 4.91. The Morgan fingerprint density at radius 1 is 1.30 bits per heavy atom. The fourth-order valence-electron chi connectivity index (χ4n) is 1.73. The van der Waals surface area contributed by atoms with E-state index in [1.807, 2.05) is 32.9 Å². The van der Waals surface area contributed by atoms with Crippen molar-refractivity contribution in [1.29, 1.82) is 0 Å². The van der Waals surface area contributed by atoms with E-state index in [2.05, 4.69) is 9.97 Å². The molecule has 0 aliphatic carbocycles. The number of halogens is 1. The highest BCUT2D eigenvalue weighted by atomic mass is 35.5. The lowest BCUT2D eigenvalue weighted by Crippen LogP contribution is -2.07. The molecular weight excluding hydrogens is 274 g/mol. The molecule has 2 aromatic rings. The number of nitrogens with zero attached hydrogens (tertiary/aromatic N) is 2. The summed E-state index contributed by atoms with van der Waals surface area (Å²) in [6, 6.07) is 5.50. The third kappa shape index (κ3) is 3.26. The largest absolute Gasteiger partial charge is 0.453 e. The maximum Gasteiger partial charge on any atom is 0.168 e. The molecule has 1 heterocycles. The van der Waals surface area contributed by atoms with Crippen molar-refractivity contribution in [3.05, 3.63) is 46.5 Å². The molecule has 2 N–H and O–H groups in total. The van der Waals surface area contributed by atoms with Gasteiger partial charge in [-0.1, -0.05) is 31.5 Å². The SMILES string of the molecule is Cc1ccc(Cl)cc1Oc1cnc(C(C)C)nc1CN. The van der Waals surface area contributed by atoms with Crippen LogP contribution in [0.1, 0.15) is 36.8 Å². The first-order chi connectivity index (χ1) is 9.51. The van der Waals surface area contributed by atoms with Crippen LogP contribution >= 0.6 is 11.6 Å². The lowest BCUT2D eigenvalue weighted by molar-refractivity contribution is 0.464. The summed E-state index contributed by atoms with van der Waals surface area (Å²) < 4.78 is 5.86. The lowest BCUT2D eigenvalue weighted by atomic mass is 10.2. The van der Waals surface area contributed by atoms with Gasteiger partial charge in [-0.05, 0) is 24.6 Å². The summed E-state index contributed by atoms with van der Waals surface area (Å²) in [6.07, 6.45) is 1.67. The van der Waals surface area contributed by atoms with Crippen LogP contribution in [0.5, 0.6) is 11.5 Å². The van der Waals surface area contributed by atoms with Gasteiger partial charge in [-0.2, -0.15) is 0 Å². The average Bonchev–Trinajstić information content (AvgIpc) is 2.43. The molecule has 1 aromatic carbocycles. The standard InChI is InChI=1S/C15H18ClN3O/c1-9(2)15-18-8-14(12(7-17)19-15)20-13-6-11(16)5-4-10(13)3/h4-6,8-9H,7,17H2,1-3H3. The molecule has 0 fully saturated rings. The van der Waals surface area contributed by atoms with Crippen molar-refractivity contribution in [1.82, 2.24) is 9.97 Å². The first kappa shape index (κ1) is 14.8. The Balaban J connectivity index is 2.35. The van der Waals surface area contributed by atoms with E-state index in [9.17, 15) is 0 Å². The molecule has 0 atom stereocenters. The second kappa shape index (κ2) is 6.20. The number of benzene rings is 1. The smallest absolute Gasteiger partial charge is 0.168 e. The fourth-order valence-corrected chi connectivity index (χ4v) is 1.90. The van der Waals surface area contributed by atoms with E-state index in [4.69, 9.17) is 22.1 Å². The Morgan fingerprint density at radius 2 is 2.05 bits per heavy atom. The minimum Gasteiger partial charge on any atom is -0.453 e. The summed E-state index contributed by atoms with van der Waals surface area (Å²) in [5.74, 6) is 2.28. The van der Waals surface area contributed by atoms with Crippen LogP contribution in [-0.4, -0.2) is 9.97 Å². The summed E-state index contributed by atoms with van der Waals surface area (Å²) in [5, 5.41) is 0.625. The molecule has 106 valence electrons. The number of nitrogens with two attached hydrogens (primary N) is 1. The van der Waals surface area contributed by atoms with Crippen LogP contribution in [0.4, 0.5) is 0 Å². The number of aryl methyl sites for hydroxylation is 1.